The van der Waals surface area contributed by atoms with Gasteiger partial charge >= 0.3 is 18.0 Å². The molecule has 2 aromatic carbocycles. The number of carbonyl (C=O) groups is 3. The summed E-state index contributed by atoms with van der Waals surface area (Å²) in [7, 11) is 5.51. The minimum absolute atomic E-state index is 0.0262. The third-order valence-corrected chi connectivity index (χ3v) is 12.2. The fraction of sp³-hybridized carbons (Fsp3) is 0.630. The predicted molar refractivity (Wildman–Crippen MR) is 225 cm³/mol. The van der Waals surface area contributed by atoms with Gasteiger partial charge in [-0.3, -0.25) is 0 Å². The second-order valence-electron chi connectivity index (χ2n) is 17.7. The Kier molecular flexibility index (Phi) is 15.8. The van der Waals surface area contributed by atoms with E-state index in [0.717, 1.165) is 5.56 Å². The molecule has 0 saturated carbocycles. The first-order valence-corrected chi connectivity index (χ1v) is 21.1. The van der Waals surface area contributed by atoms with E-state index < -0.39 is 53.3 Å². The minimum Gasteiger partial charge on any atom is -0.456 e. The van der Waals surface area contributed by atoms with Crippen molar-refractivity contribution < 1.29 is 52.6 Å². The molecule has 8 atom stereocenters. The average Bonchev–Trinajstić information content (AvgIpc) is 3.23. The summed E-state index contributed by atoms with van der Waals surface area (Å²) in [5.74, 6) is -2.39. The van der Waals surface area contributed by atoms with Crippen LogP contribution in [-0.4, -0.2) is 128 Å². The van der Waals surface area contributed by atoms with Crippen molar-refractivity contribution in [2.24, 2.45) is 11.8 Å². The number of piperidine rings is 1. The lowest BCUT2D eigenvalue weighted by Gasteiger charge is -2.48. The van der Waals surface area contributed by atoms with Crippen LogP contribution in [0.1, 0.15) is 90.1 Å². The van der Waals surface area contributed by atoms with Crippen molar-refractivity contribution in [3.63, 3.8) is 0 Å². The van der Waals surface area contributed by atoms with Gasteiger partial charge in [0.15, 0.2) is 12.4 Å². The molecule has 0 spiro atoms. The van der Waals surface area contributed by atoms with Gasteiger partial charge < -0.3 is 53.4 Å². The van der Waals surface area contributed by atoms with Gasteiger partial charge in [-0.2, -0.15) is 0 Å². The van der Waals surface area contributed by atoms with Crippen LogP contribution in [0.5, 0.6) is 0 Å². The number of hydrogen-bond donors (Lipinski definition) is 2. The van der Waals surface area contributed by atoms with Crippen molar-refractivity contribution in [2.45, 2.75) is 128 Å². The number of aliphatic hydroxyl groups excluding tert-OH is 1. The lowest BCUT2D eigenvalue weighted by atomic mass is 9.80. The molecule has 0 radical (unpaired) electrons. The van der Waals surface area contributed by atoms with Crippen LogP contribution in [-0.2, 0) is 44.6 Å². The molecule has 0 unspecified atom stereocenters. The number of carbonyl (C=O) groups excluding carboxylic acids is 3. The van der Waals surface area contributed by atoms with Crippen LogP contribution in [0.3, 0.4) is 0 Å². The van der Waals surface area contributed by atoms with Crippen LogP contribution in [0.25, 0.3) is 0 Å². The van der Waals surface area contributed by atoms with E-state index in [9.17, 15) is 19.5 Å². The third-order valence-electron chi connectivity index (χ3n) is 12.2. The molecule has 0 bridgehead atoms. The monoisotopic (exact) mass is 837 g/mol. The number of esters is 2. The fourth-order valence-electron chi connectivity index (χ4n) is 8.59. The highest BCUT2D eigenvalue weighted by Gasteiger charge is 2.51. The van der Waals surface area contributed by atoms with E-state index in [0.29, 0.717) is 62.2 Å². The van der Waals surface area contributed by atoms with Gasteiger partial charge in [-0.1, -0.05) is 62.4 Å². The zero-order valence-electron chi connectivity index (χ0n) is 37.1. The second kappa shape index (κ2) is 20.2. The summed E-state index contributed by atoms with van der Waals surface area (Å²) in [6.07, 6.45) is -1.10. The van der Waals surface area contributed by atoms with Crippen LogP contribution < -0.4 is 5.32 Å². The van der Waals surface area contributed by atoms with Crippen LogP contribution in [0, 0.1) is 11.8 Å². The maximum atomic E-state index is 13.6. The highest BCUT2D eigenvalue weighted by Crippen LogP contribution is 2.41. The quantitative estimate of drug-likeness (QED) is 0.140. The summed E-state index contributed by atoms with van der Waals surface area (Å²) in [5.41, 5.74) is 0.0331. The molecule has 2 N–H and O–H groups in total. The molecule has 2 aromatic rings. The number of likely N-dealkylation sites (N-methyl/N-ethyl adjacent to an activating group) is 1. The van der Waals surface area contributed by atoms with Crippen LogP contribution in [0.15, 0.2) is 72.0 Å². The lowest BCUT2D eigenvalue weighted by Crippen LogP contribution is -2.60. The molecule has 14 heteroatoms. The molecule has 0 aromatic heterocycles. The van der Waals surface area contributed by atoms with Crippen molar-refractivity contribution in [3.8, 4) is 0 Å². The summed E-state index contributed by atoms with van der Waals surface area (Å²) in [4.78, 5) is 43.4. The Bertz CT molecular complexity index is 1760. The first kappa shape index (κ1) is 47.0. The van der Waals surface area contributed by atoms with Crippen molar-refractivity contribution in [3.05, 3.63) is 83.1 Å². The predicted octanol–water partition coefficient (Wildman–Crippen LogP) is 6.07. The number of nitrogens with zero attached hydrogens (tertiary/aromatic N) is 2. The molecule has 3 heterocycles. The number of rotatable bonds is 17. The van der Waals surface area contributed by atoms with Gasteiger partial charge in [0.25, 0.3) is 0 Å². The molecule has 3 aliphatic rings. The first-order valence-electron chi connectivity index (χ1n) is 21.1. The number of likely N-dealkylation sites (tertiary alicyclic amines) is 1. The summed E-state index contributed by atoms with van der Waals surface area (Å²) < 4.78 is 43.8. The summed E-state index contributed by atoms with van der Waals surface area (Å²) in [6, 6.07) is 18.1. The third kappa shape index (κ3) is 11.6. The molecule has 60 heavy (non-hydrogen) atoms. The molecular formula is C46H67N3O11. The Balaban J connectivity index is 1.36. The van der Waals surface area contributed by atoms with E-state index in [1.807, 2.05) is 76.2 Å². The van der Waals surface area contributed by atoms with Crippen LogP contribution >= 0.6 is 0 Å². The van der Waals surface area contributed by atoms with Crippen molar-refractivity contribution in [1.82, 2.24) is 15.1 Å². The highest BCUT2D eigenvalue weighted by molar-refractivity contribution is 5.90. The smallest absolute Gasteiger partial charge is 0.410 e. The molecule has 1 amide bonds. The second-order valence-corrected chi connectivity index (χ2v) is 17.7. The van der Waals surface area contributed by atoms with Gasteiger partial charge in [0.1, 0.15) is 12.4 Å². The largest absolute Gasteiger partial charge is 0.456 e. The van der Waals surface area contributed by atoms with E-state index >= 15 is 0 Å². The molecule has 2 fully saturated rings. The van der Waals surface area contributed by atoms with Gasteiger partial charge in [0.05, 0.1) is 41.6 Å². The van der Waals surface area contributed by atoms with Crippen LogP contribution in [0.2, 0.25) is 0 Å². The van der Waals surface area contributed by atoms with E-state index in [2.05, 4.69) is 12.2 Å². The minimum atomic E-state index is -1.22. The Labute approximate surface area is 355 Å². The van der Waals surface area contributed by atoms with Gasteiger partial charge in [-0.25, -0.2) is 14.4 Å². The summed E-state index contributed by atoms with van der Waals surface area (Å²) in [6.45, 7) is 14.5. The summed E-state index contributed by atoms with van der Waals surface area (Å²) >= 11 is 0. The van der Waals surface area contributed by atoms with Crippen molar-refractivity contribution >= 4 is 18.0 Å². The number of aliphatic hydroxyl groups is 1. The number of nitrogens with one attached hydrogen (secondary N) is 1. The van der Waals surface area contributed by atoms with Gasteiger partial charge in [-0.05, 0) is 90.7 Å². The fourth-order valence-corrected chi connectivity index (χ4v) is 8.59. The SMILES string of the molecule is CO[C@](C)(C[C@@H](C)CNC1(CO)CCN(C(=O)OCc2ccccc2)CC1)[C@H](O[C@@H]1O[C@H](C)C[C@H](N(C)C)[C@H]1OC(=O)c1ccccc1)[C@@H](C)C1=C(C)C(=O)OC(C)(C)O1. The number of benzene rings is 2. The van der Waals surface area contributed by atoms with E-state index in [1.54, 1.807) is 57.0 Å². The number of hydrogen-bond acceptors (Lipinski definition) is 13. The van der Waals surface area contributed by atoms with Crippen molar-refractivity contribution in [2.75, 3.05) is 47.4 Å². The standard InChI is InChI=1S/C46H67N3O11/c1-30(27-47-46(29-50)21-23-49(24-22-46)43(53)55-28-34-17-13-11-14-18-34)26-45(7,54-10)39(32(3)37-33(4)40(51)60-44(5,6)59-37)58-42-38(36(48(8)9)25-31(2)56-42)57-41(52)35-19-15-12-16-20-35/h11-20,30-32,36,38-39,42,47,50H,21-29H2,1-10H3/t30-,31-,32+,36+,38-,39-,42+,45-/m1/s1. The molecule has 0 aliphatic carbocycles. The Morgan fingerprint density at radius 2 is 1.67 bits per heavy atom. The maximum absolute atomic E-state index is 13.6. The molecule has 14 nitrogen and oxygen atoms in total. The highest BCUT2D eigenvalue weighted by atomic mass is 16.7. The van der Waals surface area contributed by atoms with Crippen LogP contribution in [0.4, 0.5) is 4.79 Å². The number of methoxy groups -OCH3 is 1. The Hall–Kier alpha value is -4.05. The van der Waals surface area contributed by atoms with E-state index in [1.165, 1.54) is 0 Å². The molecular weight excluding hydrogens is 771 g/mol. The molecule has 332 valence electrons. The molecule has 2 saturated heterocycles. The summed E-state index contributed by atoms with van der Waals surface area (Å²) in [5, 5.41) is 14.3. The van der Waals surface area contributed by atoms with Gasteiger partial charge in [-0.15, -0.1) is 0 Å². The van der Waals surface area contributed by atoms with Gasteiger partial charge in [0.2, 0.25) is 5.79 Å². The normalized spacial score (nSPS) is 25.3. The maximum Gasteiger partial charge on any atom is 0.410 e. The number of cyclic esters (lactones) is 1. The molecule has 5 rings (SSSR count). The average molecular weight is 838 g/mol. The molecule has 3 aliphatic heterocycles. The first-order chi connectivity index (χ1) is 28.4. The zero-order valence-corrected chi connectivity index (χ0v) is 37.1. The number of ether oxygens (including phenoxy) is 7. The van der Waals surface area contributed by atoms with Crippen molar-refractivity contribution in [1.29, 1.82) is 0 Å². The lowest BCUT2D eigenvalue weighted by molar-refractivity contribution is -0.298. The topological polar surface area (TPSA) is 155 Å². The number of amides is 1. The van der Waals surface area contributed by atoms with E-state index in [-0.39, 0.29) is 37.4 Å². The van der Waals surface area contributed by atoms with E-state index in [4.69, 9.17) is 33.2 Å². The van der Waals surface area contributed by atoms with Gasteiger partial charge in [0, 0.05) is 45.5 Å². The zero-order chi connectivity index (χ0) is 43.8. The Morgan fingerprint density at radius 3 is 2.27 bits per heavy atom. The Morgan fingerprint density at radius 1 is 1.03 bits per heavy atom.